The largest absolute Gasteiger partial charge is 0.564 e. The fourth-order valence-electron chi connectivity index (χ4n) is 3.08. The van der Waals surface area contributed by atoms with Gasteiger partial charge in [-0.25, -0.2) is 27.6 Å². The Labute approximate surface area is 190 Å². The molecule has 0 aliphatic heterocycles. The SMILES string of the molecule is [C-]#[N+]c1cc2c(C)c(Cc3cccc([N-]S(=O)(=O)NC)c3)c(=O)oc2cc1OC(=O)N(C)C. The maximum atomic E-state index is 12.7. The summed E-state index contributed by atoms with van der Waals surface area (Å²) in [5, 5.41) is 0.527. The first-order valence-electron chi connectivity index (χ1n) is 9.67. The molecule has 0 saturated carbocycles. The zero-order chi connectivity index (χ0) is 24.3. The molecule has 1 N–H and O–H groups in total. The first-order valence-corrected chi connectivity index (χ1v) is 11.1. The molecule has 0 radical (unpaired) electrons. The van der Waals surface area contributed by atoms with E-state index in [1.54, 1.807) is 25.1 Å². The second-order valence-electron chi connectivity index (χ2n) is 7.30. The van der Waals surface area contributed by atoms with Gasteiger partial charge in [0.2, 0.25) is 5.69 Å². The highest BCUT2D eigenvalue weighted by Crippen LogP contribution is 2.35. The molecule has 0 bridgehead atoms. The van der Waals surface area contributed by atoms with Gasteiger partial charge in [-0.3, -0.25) is 0 Å². The molecule has 11 heteroatoms. The van der Waals surface area contributed by atoms with E-state index in [2.05, 4.69) is 14.3 Å². The van der Waals surface area contributed by atoms with Crippen molar-refractivity contribution in [2.45, 2.75) is 13.3 Å². The number of fused-ring (bicyclic) bond motifs is 1. The Hall–Kier alpha value is -3.88. The van der Waals surface area contributed by atoms with E-state index in [-0.39, 0.29) is 29.1 Å². The summed E-state index contributed by atoms with van der Waals surface area (Å²) in [7, 11) is 0.471. The Balaban J connectivity index is 2.03. The van der Waals surface area contributed by atoms with Gasteiger partial charge in [-0.15, -0.1) is 5.69 Å². The smallest absolute Gasteiger partial charge is 0.413 e. The van der Waals surface area contributed by atoms with Gasteiger partial charge in [0.05, 0.1) is 6.57 Å². The van der Waals surface area contributed by atoms with Crippen molar-refractivity contribution in [2.24, 2.45) is 0 Å². The number of nitrogens with zero attached hydrogens (tertiary/aromatic N) is 3. The first kappa shape index (κ1) is 23.8. The van der Waals surface area contributed by atoms with Crippen molar-refractivity contribution in [1.82, 2.24) is 9.62 Å². The van der Waals surface area contributed by atoms with Crippen LogP contribution in [0.5, 0.6) is 5.75 Å². The minimum atomic E-state index is -3.81. The molecule has 0 unspecified atom stereocenters. The highest BCUT2D eigenvalue weighted by Gasteiger charge is 2.18. The van der Waals surface area contributed by atoms with E-state index in [1.165, 1.54) is 44.2 Å². The van der Waals surface area contributed by atoms with E-state index in [0.29, 0.717) is 22.1 Å². The summed E-state index contributed by atoms with van der Waals surface area (Å²) >= 11 is 0. The van der Waals surface area contributed by atoms with Crippen molar-refractivity contribution in [3.63, 3.8) is 0 Å². The molecule has 3 rings (SSSR count). The van der Waals surface area contributed by atoms with Crippen LogP contribution in [0.4, 0.5) is 16.2 Å². The number of nitrogens with one attached hydrogen (secondary N) is 1. The van der Waals surface area contributed by atoms with Gasteiger partial charge in [-0.2, -0.15) is 0 Å². The van der Waals surface area contributed by atoms with Crippen LogP contribution in [-0.2, 0) is 16.6 Å². The summed E-state index contributed by atoms with van der Waals surface area (Å²) in [6.07, 6.45) is -0.502. The maximum absolute atomic E-state index is 12.7. The molecular weight excluding hydrogens is 448 g/mol. The van der Waals surface area contributed by atoms with Crippen molar-refractivity contribution >= 4 is 38.6 Å². The number of hydrogen-bond acceptors (Lipinski definition) is 6. The van der Waals surface area contributed by atoms with Gasteiger partial charge >= 0.3 is 11.7 Å². The van der Waals surface area contributed by atoms with Gasteiger partial charge in [-0.05, 0) is 31.2 Å². The Kier molecular flexibility index (Phi) is 6.71. The maximum Gasteiger partial charge on any atom is 0.413 e. The predicted octanol–water partition coefficient (Wildman–Crippen LogP) is 3.77. The van der Waals surface area contributed by atoms with Crippen LogP contribution in [0.3, 0.4) is 0 Å². The van der Waals surface area contributed by atoms with Crippen molar-refractivity contribution in [3.05, 3.63) is 79.6 Å². The quantitative estimate of drug-likeness (QED) is 0.433. The molecule has 33 heavy (non-hydrogen) atoms. The van der Waals surface area contributed by atoms with Crippen LogP contribution >= 0.6 is 0 Å². The fourth-order valence-corrected chi connectivity index (χ4v) is 3.56. The lowest BCUT2D eigenvalue weighted by atomic mass is 9.99. The topological polar surface area (TPSA) is 124 Å². The van der Waals surface area contributed by atoms with E-state index in [4.69, 9.17) is 15.7 Å². The van der Waals surface area contributed by atoms with Crippen molar-refractivity contribution in [2.75, 3.05) is 21.1 Å². The summed E-state index contributed by atoms with van der Waals surface area (Å²) in [4.78, 5) is 29.3. The van der Waals surface area contributed by atoms with Gasteiger partial charge in [0.25, 0.3) is 0 Å². The van der Waals surface area contributed by atoms with Crippen molar-refractivity contribution < 1.29 is 22.4 Å². The second kappa shape index (κ2) is 9.32. The summed E-state index contributed by atoms with van der Waals surface area (Å²) in [6, 6.07) is 9.33. The Morgan fingerprint density at radius 3 is 2.64 bits per heavy atom. The normalized spacial score (nSPS) is 11.1. The van der Waals surface area contributed by atoms with Crippen LogP contribution in [0.25, 0.3) is 20.5 Å². The number of benzene rings is 2. The number of rotatable bonds is 6. The van der Waals surface area contributed by atoms with Gasteiger partial charge < -0.3 is 18.8 Å². The highest BCUT2D eigenvalue weighted by molar-refractivity contribution is 7.92. The molecular formula is C22H21N4O6S-. The van der Waals surface area contributed by atoms with Crippen molar-refractivity contribution in [1.29, 1.82) is 0 Å². The van der Waals surface area contributed by atoms with Crippen LogP contribution < -0.4 is 15.1 Å². The monoisotopic (exact) mass is 469 g/mol. The Morgan fingerprint density at radius 1 is 1.27 bits per heavy atom. The highest BCUT2D eigenvalue weighted by atomic mass is 32.2. The summed E-state index contributed by atoms with van der Waals surface area (Å²) in [5.74, 6) is -0.00782. The van der Waals surface area contributed by atoms with Crippen molar-refractivity contribution in [3.8, 4) is 5.75 Å². The number of ether oxygens (including phenoxy) is 1. The van der Waals surface area contributed by atoms with Gasteiger partial charge in [0, 0.05) is 37.5 Å². The summed E-state index contributed by atoms with van der Waals surface area (Å²) in [6.45, 7) is 9.16. The minimum absolute atomic E-state index is 0.00782. The molecule has 0 spiro atoms. The molecule has 10 nitrogen and oxygen atoms in total. The number of carbonyl (C=O) groups excluding carboxylic acids is 1. The van der Waals surface area contributed by atoms with Crippen LogP contribution in [0.15, 0.2) is 45.6 Å². The number of aryl methyl sites for hydroxylation is 1. The molecule has 0 fully saturated rings. The molecule has 2 aromatic carbocycles. The van der Waals surface area contributed by atoms with Gasteiger partial charge in [-0.1, -0.05) is 24.3 Å². The molecule has 172 valence electrons. The average Bonchev–Trinajstić information content (AvgIpc) is 2.76. The lowest BCUT2D eigenvalue weighted by Crippen LogP contribution is -2.25. The van der Waals surface area contributed by atoms with Crippen LogP contribution in [0.1, 0.15) is 16.7 Å². The van der Waals surface area contributed by atoms with Crippen LogP contribution in [0, 0.1) is 13.5 Å². The Bertz CT molecular complexity index is 1440. The third kappa shape index (κ3) is 5.31. The van der Waals surface area contributed by atoms with E-state index in [1.807, 2.05) is 0 Å². The lowest BCUT2D eigenvalue weighted by Gasteiger charge is -2.21. The molecule has 0 aliphatic rings. The van der Waals surface area contributed by atoms with Gasteiger partial charge in [0.15, 0.2) is 10.2 Å². The first-order chi connectivity index (χ1) is 15.5. The van der Waals surface area contributed by atoms with E-state index >= 15 is 0 Å². The average molecular weight is 469 g/mol. The van der Waals surface area contributed by atoms with E-state index in [0.717, 1.165) is 0 Å². The molecule has 0 atom stereocenters. The fraction of sp³-hybridized carbons (Fsp3) is 0.227. The second-order valence-corrected chi connectivity index (χ2v) is 8.84. The van der Waals surface area contributed by atoms with E-state index < -0.39 is 21.9 Å². The molecule has 1 aromatic heterocycles. The predicted molar refractivity (Wildman–Crippen MR) is 123 cm³/mol. The van der Waals surface area contributed by atoms with E-state index in [9.17, 15) is 18.0 Å². The minimum Gasteiger partial charge on any atom is -0.564 e. The standard InChI is InChI=1S/C22H21N4O6S/c1-13-16-11-18(23-2)20(32-22(28)26(4)5)12-19(16)31-21(27)17(13)10-14-7-6-8-15(9-14)25-33(29,30)24-3/h6-9,11-12,24H,10H2,1,3-5H3/q-1. The number of amides is 1. The Morgan fingerprint density at radius 2 is 2.00 bits per heavy atom. The molecule has 3 aromatic rings. The lowest BCUT2D eigenvalue weighted by molar-refractivity contribution is 0.172. The number of hydrogen-bond donors (Lipinski definition) is 1. The molecule has 1 heterocycles. The van der Waals surface area contributed by atoms with Crippen LogP contribution in [-0.4, -0.2) is 40.6 Å². The third-order valence-corrected chi connectivity index (χ3v) is 5.79. The zero-order valence-corrected chi connectivity index (χ0v) is 19.2. The summed E-state index contributed by atoms with van der Waals surface area (Å²) < 4.78 is 39.8. The van der Waals surface area contributed by atoms with Crippen LogP contribution in [0.2, 0.25) is 0 Å². The molecule has 0 saturated heterocycles. The third-order valence-electron chi connectivity index (χ3n) is 4.82. The molecule has 1 amide bonds. The van der Waals surface area contributed by atoms with Gasteiger partial charge in [0.1, 0.15) is 11.3 Å². The molecule has 0 aliphatic carbocycles. The zero-order valence-electron chi connectivity index (χ0n) is 18.4. The summed E-state index contributed by atoms with van der Waals surface area (Å²) in [5.41, 5.74) is 1.50. The number of carbonyl (C=O) groups is 1.